The van der Waals surface area contributed by atoms with Crippen LogP contribution in [0.2, 0.25) is 0 Å². The van der Waals surface area contributed by atoms with Gasteiger partial charge in [0.1, 0.15) is 5.82 Å². The third-order valence-electron chi connectivity index (χ3n) is 2.97. The first-order valence-corrected chi connectivity index (χ1v) is 5.79. The van der Waals surface area contributed by atoms with Crippen LogP contribution in [0.4, 0.5) is 0 Å². The normalized spacial score (nSPS) is 10.7. The van der Waals surface area contributed by atoms with Gasteiger partial charge in [-0.1, -0.05) is 30.3 Å². The maximum Gasteiger partial charge on any atom is 0.161 e. The summed E-state index contributed by atoms with van der Waals surface area (Å²) < 4.78 is 1.95. The van der Waals surface area contributed by atoms with Crippen molar-refractivity contribution in [2.24, 2.45) is 0 Å². The Bertz CT molecular complexity index is 714. The van der Waals surface area contributed by atoms with Crippen LogP contribution >= 0.6 is 0 Å². The number of hydrogen-bond donors (Lipinski definition) is 0. The summed E-state index contributed by atoms with van der Waals surface area (Å²) in [6.07, 6.45) is 3.65. The van der Waals surface area contributed by atoms with Gasteiger partial charge in [-0.2, -0.15) is 0 Å². The standard InChI is InChI=1S/C15H12N2O/c1-11(18)13-7-8-14-9-16-15(17(14)10-13)12-5-3-2-4-6-12/h2-10H,1H3. The van der Waals surface area contributed by atoms with Gasteiger partial charge in [-0.05, 0) is 19.1 Å². The highest BCUT2D eigenvalue weighted by Gasteiger charge is 2.07. The molecular weight excluding hydrogens is 224 g/mol. The molecular formula is C15H12N2O. The predicted octanol–water partition coefficient (Wildman–Crippen LogP) is 3.20. The SMILES string of the molecule is CC(=O)c1ccc2cnc(-c3ccccc3)n2c1. The lowest BCUT2D eigenvalue weighted by atomic mass is 10.2. The number of aromatic nitrogens is 2. The molecule has 3 nitrogen and oxygen atoms in total. The van der Waals surface area contributed by atoms with E-state index in [1.165, 1.54) is 0 Å². The highest BCUT2D eigenvalue weighted by atomic mass is 16.1. The minimum Gasteiger partial charge on any atom is -0.299 e. The Morgan fingerprint density at radius 3 is 2.61 bits per heavy atom. The highest BCUT2D eigenvalue weighted by molar-refractivity contribution is 5.94. The monoisotopic (exact) mass is 236 g/mol. The molecule has 2 heterocycles. The lowest BCUT2D eigenvalue weighted by molar-refractivity contribution is 0.101. The molecule has 0 radical (unpaired) electrons. The maximum absolute atomic E-state index is 11.4. The van der Waals surface area contributed by atoms with Crippen molar-refractivity contribution in [2.45, 2.75) is 6.92 Å². The zero-order valence-corrected chi connectivity index (χ0v) is 10.00. The average Bonchev–Trinajstić information content (AvgIpc) is 2.82. The summed E-state index contributed by atoms with van der Waals surface area (Å²) in [5, 5.41) is 0. The van der Waals surface area contributed by atoms with Crippen molar-refractivity contribution in [3.63, 3.8) is 0 Å². The van der Waals surface area contributed by atoms with E-state index >= 15 is 0 Å². The largest absolute Gasteiger partial charge is 0.299 e. The van der Waals surface area contributed by atoms with Gasteiger partial charge in [0.05, 0.1) is 11.7 Å². The molecule has 3 heteroatoms. The van der Waals surface area contributed by atoms with Crippen LogP contribution in [0.25, 0.3) is 16.9 Å². The first-order valence-electron chi connectivity index (χ1n) is 5.79. The van der Waals surface area contributed by atoms with E-state index in [1.54, 1.807) is 6.92 Å². The van der Waals surface area contributed by atoms with Crippen molar-refractivity contribution in [1.29, 1.82) is 0 Å². The maximum atomic E-state index is 11.4. The van der Waals surface area contributed by atoms with Crippen LogP contribution in [-0.4, -0.2) is 15.2 Å². The van der Waals surface area contributed by atoms with Crippen molar-refractivity contribution >= 4 is 11.3 Å². The Balaban J connectivity index is 2.24. The Kier molecular flexibility index (Phi) is 2.45. The predicted molar refractivity (Wildman–Crippen MR) is 70.6 cm³/mol. The summed E-state index contributed by atoms with van der Waals surface area (Å²) in [6.45, 7) is 1.57. The molecule has 0 bridgehead atoms. The molecule has 1 aromatic carbocycles. The Morgan fingerprint density at radius 1 is 1.11 bits per heavy atom. The van der Waals surface area contributed by atoms with Crippen LogP contribution in [0.15, 0.2) is 54.9 Å². The molecule has 0 saturated heterocycles. The van der Waals surface area contributed by atoms with Crippen LogP contribution in [0.1, 0.15) is 17.3 Å². The van der Waals surface area contributed by atoms with E-state index in [-0.39, 0.29) is 5.78 Å². The van der Waals surface area contributed by atoms with Gasteiger partial charge in [-0.15, -0.1) is 0 Å². The number of carbonyl (C=O) groups is 1. The van der Waals surface area contributed by atoms with Gasteiger partial charge in [0.15, 0.2) is 5.78 Å². The first-order chi connectivity index (χ1) is 8.75. The molecule has 3 aromatic rings. The van der Waals surface area contributed by atoms with Crippen molar-refractivity contribution < 1.29 is 4.79 Å². The third kappa shape index (κ3) is 1.70. The summed E-state index contributed by atoms with van der Waals surface area (Å²) in [6, 6.07) is 13.7. The van der Waals surface area contributed by atoms with Crippen molar-refractivity contribution in [1.82, 2.24) is 9.38 Å². The number of nitrogens with zero attached hydrogens (tertiary/aromatic N) is 2. The fraction of sp³-hybridized carbons (Fsp3) is 0.0667. The molecule has 0 atom stereocenters. The summed E-state index contributed by atoms with van der Waals surface area (Å²) >= 11 is 0. The van der Waals surface area contributed by atoms with Crippen molar-refractivity contribution in [3.8, 4) is 11.4 Å². The second kappa shape index (κ2) is 4.11. The molecule has 0 N–H and O–H groups in total. The van der Waals surface area contributed by atoms with Crippen LogP contribution in [-0.2, 0) is 0 Å². The number of rotatable bonds is 2. The number of Topliss-reactive ketones (excluding diaryl/α,β-unsaturated/α-hetero) is 1. The summed E-state index contributed by atoms with van der Waals surface area (Å²) in [4.78, 5) is 15.8. The first kappa shape index (κ1) is 10.7. The molecule has 0 aliphatic carbocycles. The summed E-state index contributed by atoms with van der Waals surface area (Å²) in [7, 11) is 0. The number of pyridine rings is 1. The molecule has 0 aliphatic heterocycles. The molecule has 0 amide bonds. The van der Waals surface area contributed by atoms with Gasteiger partial charge in [-0.3, -0.25) is 9.20 Å². The van der Waals surface area contributed by atoms with Crippen LogP contribution in [0.3, 0.4) is 0 Å². The number of hydrogen-bond acceptors (Lipinski definition) is 2. The quantitative estimate of drug-likeness (QED) is 0.640. The van der Waals surface area contributed by atoms with E-state index in [2.05, 4.69) is 4.98 Å². The Morgan fingerprint density at radius 2 is 1.89 bits per heavy atom. The van der Waals surface area contributed by atoms with E-state index in [1.807, 2.05) is 59.3 Å². The zero-order chi connectivity index (χ0) is 12.5. The van der Waals surface area contributed by atoms with Gasteiger partial charge in [0.25, 0.3) is 0 Å². The average molecular weight is 236 g/mol. The number of fused-ring (bicyclic) bond motifs is 1. The van der Waals surface area contributed by atoms with Gasteiger partial charge >= 0.3 is 0 Å². The van der Waals surface area contributed by atoms with E-state index in [0.717, 1.165) is 16.9 Å². The van der Waals surface area contributed by atoms with Gasteiger partial charge in [0.2, 0.25) is 0 Å². The zero-order valence-electron chi connectivity index (χ0n) is 10.00. The van der Waals surface area contributed by atoms with Crippen LogP contribution in [0.5, 0.6) is 0 Å². The van der Waals surface area contributed by atoms with E-state index in [9.17, 15) is 4.79 Å². The van der Waals surface area contributed by atoms with Gasteiger partial charge in [0, 0.05) is 17.3 Å². The highest BCUT2D eigenvalue weighted by Crippen LogP contribution is 2.20. The van der Waals surface area contributed by atoms with Crippen molar-refractivity contribution in [2.75, 3.05) is 0 Å². The smallest absolute Gasteiger partial charge is 0.161 e. The third-order valence-corrected chi connectivity index (χ3v) is 2.97. The van der Waals surface area contributed by atoms with Crippen LogP contribution < -0.4 is 0 Å². The second-order valence-corrected chi connectivity index (χ2v) is 4.22. The fourth-order valence-corrected chi connectivity index (χ4v) is 2.00. The molecule has 2 aromatic heterocycles. The summed E-state index contributed by atoms with van der Waals surface area (Å²) in [5.41, 5.74) is 2.72. The number of benzene rings is 1. The second-order valence-electron chi connectivity index (χ2n) is 4.22. The molecule has 0 unspecified atom stereocenters. The fourth-order valence-electron chi connectivity index (χ4n) is 2.00. The molecule has 3 rings (SSSR count). The topological polar surface area (TPSA) is 34.4 Å². The lowest BCUT2D eigenvalue weighted by Crippen LogP contribution is -1.96. The number of carbonyl (C=O) groups excluding carboxylic acids is 1. The Hall–Kier alpha value is -2.42. The molecule has 88 valence electrons. The van der Waals surface area contributed by atoms with Gasteiger partial charge < -0.3 is 0 Å². The van der Waals surface area contributed by atoms with E-state index in [0.29, 0.717) is 5.56 Å². The van der Waals surface area contributed by atoms with Crippen molar-refractivity contribution in [3.05, 3.63) is 60.4 Å². The molecule has 0 saturated carbocycles. The molecule has 0 fully saturated rings. The molecule has 0 spiro atoms. The molecule has 0 aliphatic rings. The molecule has 18 heavy (non-hydrogen) atoms. The lowest BCUT2D eigenvalue weighted by Gasteiger charge is -2.03. The minimum absolute atomic E-state index is 0.0598. The van der Waals surface area contributed by atoms with E-state index in [4.69, 9.17) is 0 Å². The Labute approximate surface area is 105 Å². The van der Waals surface area contributed by atoms with Crippen LogP contribution in [0, 0.1) is 0 Å². The summed E-state index contributed by atoms with van der Waals surface area (Å²) in [5.74, 6) is 0.915. The minimum atomic E-state index is 0.0598. The van der Waals surface area contributed by atoms with E-state index < -0.39 is 0 Å². The van der Waals surface area contributed by atoms with Gasteiger partial charge in [-0.25, -0.2) is 4.98 Å². The number of imidazole rings is 1. The number of ketones is 1.